The Balaban J connectivity index is 1.60. The number of hydrogen-bond acceptors (Lipinski definition) is 5. The first-order chi connectivity index (χ1) is 14.9. The second kappa shape index (κ2) is 10.0. The number of esters is 1. The van der Waals surface area contributed by atoms with Crippen LogP contribution in [-0.2, 0) is 27.2 Å². The quantitative estimate of drug-likeness (QED) is 0.545. The van der Waals surface area contributed by atoms with E-state index in [1.165, 1.54) is 5.56 Å². The number of ether oxygens (including phenoxy) is 1. The average molecular weight is 421 g/mol. The Morgan fingerprint density at radius 3 is 2.39 bits per heavy atom. The number of aromatic amines is 1. The summed E-state index contributed by atoms with van der Waals surface area (Å²) in [6, 6.07) is 14.9. The van der Waals surface area contributed by atoms with Gasteiger partial charge in [-0.15, -0.1) is 0 Å². The third-order valence-electron chi connectivity index (χ3n) is 5.18. The van der Waals surface area contributed by atoms with Crippen LogP contribution in [-0.4, -0.2) is 28.7 Å². The van der Waals surface area contributed by atoms with Crippen molar-refractivity contribution >= 4 is 22.6 Å². The first-order valence-corrected chi connectivity index (χ1v) is 10.4. The zero-order chi connectivity index (χ0) is 22.4. The van der Waals surface area contributed by atoms with Crippen LogP contribution in [0.15, 0.2) is 53.3 Å². The first-order valence-electron chi connectivity index (χ1n) is 10.4. The van der Waals surface area contributed by atoms with Crippen LogP contribution in [0.3, 0.4) is 0 Å². The molecule has 0 saturated carbocycles. The maximum atomic E-state index is 12.4. The van der Waals surface area contributed by atoms with E-state index in [9.17, 15) is 14.4 Å². The fourth-order valence-electron chi connectivity index (χ4n) is 3.45. The largest absolute Gasteiger partial charge is 0.455 e. The number of amides is 1. The van der Waals surface area contributed by atoms with Crippen LogP contribution < -0.4 is 10.9 Å². The molecule has 162 valence electrons. The minimum atomic E-state index is -0.590. The molecule has 3 aromatic rings. The average Bonchev–Trinajstić information content (AvgIpc) is 2.78. The summed E-state index contributed by atoms with van der Waals surface area (Å²) in [7, 11) is 0. The smallest absolute Gasteiger partial charge is 0.312 e. The van der Waals surface area contributed by atoms with E-state index in [2.05, 4.69) is 34.6 Å². The van der Waals surface area contributed by atoms with Crippen LogP contribution in [0.1, 0.15) is 43.6 Å². The lowest BCUT2D eigenvalue weighted by Gasteiger charge is -2.23. The lowest BCUT2D eigenvalue weighted by Crippen LogP contribution is -2.35. The van der Waals surface area contributed by atoms with Crippen LogP contribution in [0.2, 0.25) is 0 Å². The molecule has 1 atom stereocenters. The van der Waals surface area contributed by atoms with E-state index in [1.807, 2.05) is 26.0 Å². The fraction of sp³-hybridized carbons (Fsp3) is 0.333. The molecule has 2 aromatic carbocycles. The summed E-state index contributed by atoms with van der Waals surface area (Å²) in [5.41, 5.74) is 2.32. The molecule has 0 aliphatic rings. The van der Waals surface area contributed by atoms with Gasteiger partial charge in [0.1, 0.15) is 0 Å². The highest BCUT2D eigenvalue weighted by atomic mass is 16.5. The lowest BCUT2D eigenvalue weighted by atomic mass is 9.95. The van der Waals surface area contributed by atoms with E-state index in [4.69, 9.17) is 4.74 Å². The molecule has 7 heteroatoms. The molecule has 0 spiro atoms. The van der Waals surface area contributed by atoms with E-state index in [0.717, 1.165) is 12.0 Å². The number of carbonyl (C=O) groups is 2. The second-order valence-electron chi connectivity index (χ2n) is 7.77. The van der Waals surface area contributed by atoms with Gasteiger partial charge in [-0.1, -0.05) is 63.2 Å². The molecule has 1 aromatic heterocycles. The number of benzene rings is 2. The normalized spacial score (nSPS) is 12.0. The SMILES string of the molecule is CCc1ccc([C@H](NC(=O)COC(=O)Cc2n[nH]c(=O)c3ccccc23)C(C)C)cc1. The highest BCUT2D eigenvalue weighted by molar-refractivity contribution is 5.87. The van der Waals surface area contributed by atoms with Crippen LogP contribution in [0.4, 0.5) is 0 Å². The number of rotatable bonds is 8. The summed E-state index contributed by atoms with van der Waals surface area (Å²) in [6.45, 7) is 5.77. The minimum Gasteiger partial charge on any atom is -0.455 e. The van der Waals surface area contributed by atoms with Gasteiger partial charge in [-0.05, 0) is 29.5 Å². The van der Waals surface area contributed by atoms with Crippen molar-refractivity contribution in [3.63, 3.8) is 0 Å². The Morgan fingerprint density at radius 2 is 1.74 bits per heavy atom. The van der Waals surface area contributed by atoms with Gasteiger partial charge in [0.15, 0.2) is 6.61 Å². The van der Waals surface area contributed by atoms with Crippen molar-refractivity contribution in [3.8, 4) is 0 Å². The molecule has 3 rings (SSSR count). The van der Waals surface area contributed by atoms with Crippen molar-refractivity contribution < 1.29 is 14.3 Å². The van der Waals surface area contributed by atoms with Crippen LogP contribution >= 0.6 is 0 Å². The molecule has 0 aliphatic carbocycles. The van der Waals surface area contributed by atoms with E-state index in [-0.39, 0.29) is 36.5 Å². The molecule has 2 N–H and O–H groups in total. The number of hydrogen-bond donors (Lipinski definition) is 2. The molecule has 0 saturated heterocycles. The predicted octanol–water partition coefficient (Wildman–Crippen LogP) is 3.08. The van der Waals surface area contributed by atoms with Crippen molar-refractivity contribution in [1.29, 1.82) is 0 Å². The molecule has 0 bridgehead atoms. The second-order valence-corrected chi connectivity index (χ2v) is 7.77. The van der Waals surface area contributed by atoms with Gasteiger partial charge in [0.05, 0.1) is 23.5 Å². The van der Waals surface area contributed by atoms with Gasteiger partial charge in [-0.3, -0.25) is 14.4 Å². The van der Waals surface area contributed by atoms with Crippen molar-refractivity contribution in [3.05, 3.63) is 75.7 Å². The fourth-order valence-corrected chi connectivity index (χ4v) is 3.45. The number of nitrogens with zero attached hydrogens (tertiary/aromatic N) is 1. The summed E-state index contributed by atoms with van der Waals surface area (Å²) >= 11 is 0. The third kappa shape index (κ3) is 5.57. The Bertz CT molecular complexity index is 1120. The number of aromatic nitrogens is 2. The van der Waals surface area contributed by atoms with Gasteiger partial charge in [0.25, 0.3) is 11.5 Å². The maximum Gasteiger partial charge on any atom is 0.312 e. The van der Waals surface area contributed by atoms with Gasteiger partial charge in [-0.2, -0.15) is 5.10 Å². The van der Waals surface area contributed by atoms with E-state index in [0.29, 0.717) is 16.5 Å². The predicted molar refractivity (Wildman–Crippen MR) is 119 cm³/mol. The lowest BCUT2D eigenvalue weighted by molar-refractivity contribution is -0.148. The summed E-state index contributed by atoms with van der Waals surface area (Å²) in [4.78, 5) is 36.5. The summed E-state index contributed by atoms with van der Waals surface area (Å²) in [5, 5.41) is 10.3. The van der Waals surface area contributed by atoms with Crippen molar-refractivity contribution in [2.45, 2.75) is 39.7 Å². The molecule has 0 radical (unpaired) electrons. The van der Waals surface area contributed by atoms with Crippen molar-refractivity contribution in [1.82, 2.24) is 15.5 Å². The van der Waals surface area contributed by atoms with Crippen molar-refractivity contribution in [2.24, 2.45) is 5.92 Å². The first kappa shape index (κ1) is 22.2. The Hall–Kier alpha value is -3.48. The third-order valence-corrected chi connectivity index (χ3v) is 5.18. The standard InChI is InChI=1S/C24H27N3O4/c1-4-16-9-11-17(12-10-16)23(15(2)3)25-21(28)14-31-22(29)13-20-18-7-5-6-8-19(18)24(30)27-26-20/h5-12,15,23H,4,13-14H2,1-3H3,(H,25,28)(H,27,30)/t23-/m1/s1. The van der Waals surface area contributed by atoms with Crippen LogP contribution in [0.25, 0.3) is 10.8 Å². The highest BCUT2D eigenvalue weighted by Gasteiger charge is 2.20. The molecule has 31 heavy (non-hydrogen) atoms. The molecule has 1 heterocycles. The zero-order valence-corrected chi connectivity index (χ0v) is 18.0. The minimum absolute atomic E-state index is 0.142. The number of H-pyrrole nitrogens is 1. The molecule has 1 amide bonds. The van der Waals surface area contributed by atoms with E-state index < -0.39 is 5.97 Å². The number of carbonyl (C=O) groups excluding carboxylic acids is 2. The monoisotopic (exact) mass is 421 g/mol. The molecular formula is C24H27N3O4. The summed E-state index contributed by atoms with van der Waals surface area (Å²) < 4.78 is 5.16. The van der Waals surface area contributed by atoms with Crippen LogP contribution in [0.5, 0.6) is 0 Å². The van der Waals surface area contributed by atoms with Gasteiger partial charge in [0, 0.05) is 5.39 Å². The van der Waals surface area contributed by atoms with Gasteiger partial charge >= 0.3 is 5.97 Å². The zero-order valence-electron chi connectivity index (χ0n) is 18.0. The van der Waals surface area contributed by atoms with Crippen molar-refractivity contribution in [2.75, 3.05) is 6.61 Å². The highest BCUT2D eigenvalue weighted by Crippen LogP contribution is 2.22. The summed E-state index contributed by atoms with van der Waals surface area (Å²) in [6.07, 6.45) is 0.811. The number of nitrogens with one attached hydrogen (secondary N) is 2. The van der Waals surface area contributed by atoms with E-state index >= 15 is 0 Å². The van der Waals surface area contributed by atoms with Crippen LogP contribution in [0, 0.1) is 5.92 Å². The molecule has 7 nitrogen and oxygen atoms in total. The van der Waals surface area contributed by atoms with Gasteiger partial charge in [0.2, 0.25) is 0 Å². The molecule has 0 aliphatic heterocycles. The van der Waals surface area contributed by atoms with Gasteiger partial charge in [-0.25, -0.2) is 5.10 Å². The Kier molecular flexibility index (Phi) is 7.18. The Labute approximate surface area is 180 Å². The number of fused-ring (bicyclic) bond motifs is 1. The summed E-state index contributed by atoms with van der Waals surface area (Å²) in [5.74, 6) is -0.789. The van der Waals surface area contributed by atoms with E-state index in [1.54, 1.807) is 24.3 Å². The molecule has 0 fully saturated rings. The Morgan fingerprint density at radius 1 is 1.06 bits per heavy atom. The molecular weight excluding hydrogens is 394 g/mol. The molecule has 0 unspecified atom stereocenters. The number of aryl methyl sites for hydroxylation is 1. The van der Waals surface area contributed by atoms with Gasteiger partial charge < -0.3 is 10.1 Å². The topological polar surface area (TPSA) is 101 Å². The maximum absolute atomic E-state index is 12.4.